The summed E-state index contributed by atoms with van der Waals surface area (Å²) in [6.45, 7) is 13.6. The van der Waals surface area contributed by atoms with E-state index in [0.29, 0.717) is 62.4 Å². The van der Waals surface area contributed by atoms with Crippen LogP contribution in [-0.2, 0) is 60.0 Å². The van der Waals surface area contributed by atoms with E-state index in [-0.39, 0.29) is 65.7 Å². The lowest BCUT2D eigenvalue weighted by Crippen LogP contribution is -2.59. The first kappa shape index (κ1) is 55.1. The number of anilines is 5. The Labute approximate surface area is 435 Å². The van der Waals surface area contributed by atoms with Gasteiger partial charge in [0.25, 0.3) is 0 Å². The van der Waals surface area contributed by atoms with Crippen LogP contribution in [0.1, 0.15) is 54.4 Å². The van der Waals surface area contributed by atoms with Crippen molar-refractivity contribution in [3.8, 4) is 0 Å². The van der Waals surface area contributed by atoms with Gasteiger partial charge in [-0.25, -0.2) is 17.8 Å². The maximum Gasteiger partial charge on any atom is 0.421 e. The van der Waals surface area contributed by atoms with Crippen LogP contribution in [0.25, 0.3) is 0 Å². The molecule has 0 unspecified atom stereocenters. The number of nitrogens with one attached hydrogen (secondary N) is 4. The lowest BCUT2D eigenvalue weighted by Gasteiger charge is -2.39. The zero-order valence-corrected chi connectivity index (χ0v) is 43.7. The summed E-state index contributed by atoms with van der Waals surface area (Å²) in [5, 5.41) is 11.8. The Hall–Kier alpha value is -6.14. The average molecular weight is 1060 g/mol. The van der Waals surface area contributed by atoms with Crippen molar-refractivity contribution in [2.45, 2.75) is 68.9 Å². The topological polar surface area (TPSA) is 186 Å². The standard InChI is InChI=1S/C53H65F4N11O6S/c1-35-29-67(42(27-58-35)32-73-4)31-48(70)68-34-52(2,3)49-46(68)25-38(23-36-9-11-39(54)12-10-36)45(63-49)30-66-19-17-65(18-20-66)21-22-74-33-47(69)61-40-13-15-41(16-14-40)62-51-60-28-44(53(55,56)57)50(64-51)59-26-37-7-6-8-43(24-37)75(5,71)72/h6-16,24-25,28,35,42,58H,17-23,26-27,29-34H2,1-5H3,(H,61,69)(H2,59,60,62,64)/t35-,42-/m1/s1. The molecule has 0 aliphatic carbocycles. The largest absolute Gasteiger partial charge is 0.421 e. The molecule has 17 nitrogen and oxygen atoms in total. The highest BCUT2D eigenvalue weighted by Crippen LogP contribution is 2.41. The highest BCUT2D eigenvalue weighted by Gasteiger charge is 2.42. The number of alkyl halides is 3. The van der Waals surface area contributed by atoms with Gasteiger partial charge >= 0.3 is 6.18 Å². The van der Waals surface area contributed by atoms with Crippen LogP contribution < -0.4 is 26.2 Å². The minimum absolute atomic E-state index is 0.0283. The molecule has 2 saturated heterocycles. The molecular weight excluding hydrogens is 995 g/mol. The third kappa shape index (κ3) is 14.6. The third-order valence-electron chi connectivity index (χ3n) is 13.6. The lowest BCUT2D eigenvalue weighted by atomic mass is 9.90. The van der Waals surface area contributed by atoms with E-state index in [0.717, 1.165) is 73.7 Å². The number of carbonyl (C=O) groups excluding carboxylic acids is 2. The highest BCUT2D eigenvalue weighted by molar-refractivity contribution is 7.90. The van der Waals surface area contributed by atoms with Crippen LogP contribution in [0.5, 0.6) is 0 Å². The minimum Gasteiger partial charge on any atom is -0.383 e. The van der Waals surface area contributed by atoms with Crippen LogP contribution in [0.15, 0.2) is 90.0 Å². The molecule has 3 aromatic carbocycles. The van der Waals surface area contributed by atoms with E-state index in [4.69, 9.17) is 14.5 Å². The molecule has 3 aliphatic rings. The Morgan fingerprint density at radius 2 is 1.65 bits per heavy atom. The Balaban J connectivity index is 0.813. The van der Waals surface area contributed by atoms with Gasteiger partial charge < -0.3 is 35.6 Å². The van der Waals surface area contributed by atoms with Crippen molar-refractivity contribution in [1.82, 2.24) is 35.0 Å². The van der Waals surface area contributed by atoms with Gasteiger partial charge in [-0.1, -0.05) is 38.1 Å². The molecule has 0 saturated carbocycles. The van der Waals surface area contributed by atoms with Crippen LogP contribution in [0.4, 0.5) is 46.4 Å². The zero-order valence-electron chi connectivity index (χ0n) is 42.8. The summed E-state index contributed by atoms with van der Waals surface area (Å²) >= 11 is 0. The van der Waals surface area contributed by atoms with Crippen molar-refractivity contribution in [3.63, 3.8) is 0 Å². The molecular formula is C53H65F4N11O6S. The van der Waals surface area contributed by atoms with Gasteiger partial charge in [0.15, 0.2) is 9.84 Å². The Morgan fingerprint density at radius 1 is 0.933 bits per heavy atom. The van der Waals surface area contributed by atoms with Gasteiger partial charge in [0.2, 0.25) is 17.8 Å². The third-order valence-corrected chi connectivity index (χ3v) is 14.7. The van der Waals surface area contributed by atoms with Crippen LogP contribution >= 0.6 is 0 Å². The predicted molar refractivity (Wildman–Crippen MR) is 278 cm³/mol. The van der Waals surface area contributed by atoms with Gasteiger partial charge in [-0.05, 0) is 84.6 Å². The first-order valence-corrected chi connectivity index (χ1v) is 26.8. The van der Waals surface area contributed by atoms with Crippen molar-refractivity contribution in [3.05, 3.63) is 125 Å². The molecule has 4 N–H and O–H groups in total. The van der Waals surface area contributed by atoms with E-state index in [1.54, 1.807) is 49.6 Å². The minimum atomic E-state index is -4.76. The van der Waals surface area contributed by atoms with Gasteiger partial charge in [-0.15, -0.1) is 0 Å². The van der Waals surface area contributed by atoms with Gasteiger partial charge in [-0.3, -0.25) is 29.3 Å². The number of benzene rings is 3. The number of hydrogen-bond donors (Lipinski definition) is 4. The summed E-state index contributed by atoms with van der Waals surface area (Å²) in [4.78, 5) is 49.1. The summed E-state index contributed by atoms with van der Waals surface area (Å²) < 4.78 is 90.8. The summed E-state index contributed by atoms with van der Waals surface area (Å²) in [7, 11) is -1.84. The number of methoxy groups -OCH3 is 1. The highest BCUT2D eigenvalue weighted by atomic mass is 32.2. The smallest absolute Gasteiger partial charge is 0.383 e. The van der Waals surface area contributed by atoms with Crippen LogP contribution in [0.3, 0.4) is 0 Å². The number of ether oxygens (including phenoxy) is 2. The predicted octanol–water partition coefficient (Wildman–Crippen LogP) is 6.09. The fourth-order valence-corrected chi connectivity index (χ4v) is 10.3. The van der Waals surface area contributed by atoms with Gasteiger partial charge in [0.1, 0.15) is 23.8 Å². The molecule has 0 bridgehead atoms. The first-order chi connectivity index (χ1) is 35.7. The van der Waals surface area contributed by atoms with E-state index in [9.17, 15) is 35.6 Å². The molecule has 2 fully saturated rings. The van der Waals surface area contributed by atoms with Crippen molar-refractivity contribution in [2.75, 3.05) is 113 Å². The maximum atomic E-state index is 14.2. The van der Waals surface area contributed by atoms with Crippen LogP contribution in [0, 0.1) is 5.82 Å². The second-order valence-electron chi connectivity index (χ2n) is 20.1. The Bertz CT molecular complexity index is 2910. The van der Waals surface area contributed by atoms with Gasteiger partial charge in [0, 0.05) is 114 Å². The molecule has 3 aliphatic heterocycles. The SMILES string of the molecule is COC[C@H]1CN[C@H](C)CN1CC(=O)N1CC(C)(C)c2nc(CN3CCN(CCOCC(=O)Nc4ccc(Nc5ncc(C(F)(F)F)c(NCc6cccc(S(C)(=O)=O)c6)n5)cc4)CC3)c(Cc3ccc(F)cc3)cc21. The second-order valence-corrected chi connectivity index (χ2v) is 22.1. The van der Waals surface area contributed by atoms with Crippen LogP contribution in [-0.4, -0.2) is 154 Å². The number of amides is 2. The number of piperazine rings is 2. The second kappa shape index (κ2) is 23.8. The number of aromatic nitrogens is 3. The molecule has 2 amide bonds. The normalized spacial score (nSPS) is 18.4. The van der Waals surface area contributed by atoms with E-state index in [1.165, 1.54) is 30.3 Å². The average Bonchev–Trinajstić information content (AvgIpc) is 3.63. The summed E-state index contributed by atoms with van der Waals surface area (Å²) in [6, 6.07) is 21.3. The molecule has 0 radical (unpaired) electrons. The van der Waals surface area contributed by atoms with Crippen molar-refractivity contribution in [1.29, 1.82) is 0 Å². The summed E-state index contributed by atoms with van der Waals surface area (Å²) in [5.41, 5.74) is 4.51. The molecule has 75 heavy (non-hydrogen) atoms. The molecule has 5 heterocycles. The molecule has 5 aromatic rings. The number of rotatable bonds is 20. The van der Waals surface area contributed by atoms with Crippen molar-refractivity contribution < 1.29 is 45.0 Å². The fourth-order valence-electron chi connectivity index (χ4n) is 9.58. The maximum absolute atomic E-state index is 14.2. The molecule has 0 spiro atoms. The number of fused-ring (bicyclic) bond motifs is 1. The van der Waals surface area contributed by atoms with E-state index >= 15 is 0 Å². The Kier molecular flexibility index (Phi) is 17.5. The molecule has 2 aromatic heterocycles. The monoisotopic (exact) mass is 1060 g/mol. The van der Waals surface area contributed by atoms with E-state index < -0.39 is 27.4 Å². The number of pyridine rings is 1. The van der Waals surface area contributed by atoms with Crippen molar-refractivity contribution >= 4 is 50.5 Å². The quantitative estimate of drug-likeness (QED) is 0.0519. The van der Waals surface area contributed by atoms with Crippen molar-refractivity contribution in [2.24, 2.45) is 0 Å². The number of carbonyl (C=O) groups is 2. The lowest BCUT2D eigenvalue weighted by molar-refractivity contribution is -0.137. The van der Waals surface area contributed by atoms with Crippen LogP contribution in [0.2, 0.25) is 0 Å². The van der Waals surface area contributed by atoms with E-state index in [2.05, 4.69) is 72.8 Å². The molecule has 8 rings (SSSR count). The number of sulfone groups is 1. The molecule has 402 valence electrons. The summed E-state index contributed by atoms with van der Waals surface area (Å²) in [6.07, 6.45) is -2.51. The first-order valence-electron chi connectivity index (χ1n) is 24.9. The number of halogens is 4. The molecule has 22 heteroatoms. The molecule has 2 atom stereocenters. The van der Waals surface area contributed by atoms with Gasteiger partial charge in [-0.2, -0.15) is 18.2 Å². The van der Waals surface area contributed by atoms with Gasteiger partial charge in [0.05, 0.1) is 41.7 Å². The fraction of sp³-hybridized carbons (Fsp3) is 0.453. The van der Waals surface area contributed by atoms with E-state index in [1.807, 2.05) is 4.90 Å². The zero-order chi connectivity index (χ0) is 53.5. The number of nitrogens with zero attached hydrogens (tertiary/aromatic N) is 7. The Morgan fingerprint density at radius 3 is 2.36 bits per heavy atom. The number of hydrogen-bond acceptors (Lipinski definition) is 15. The summed E-state index contributed by atoms with van der Waals surface area (Å²) in [5.74, 6) is -1.24.